The van der Waals surface area contributed by atoms with Crippen LogP contribution in [-0.4, -0.2) is 49.3 Å². The lowest BCUT2D eigenvalue weighted by atomic mass is 10.0. The molecule has 71 heavy (non-hydrogen) atoms. The smallest absolute Gasteiger partial charge is 0.462 e. The Bertz CT molecular complexity index is 1210. The number of carbonyl (C=O) groups is 2. The Kier molecular flexibility index (Phi) is 56.5. The first-order valence-electron chi connectivity index (χ1n) is 30.8. The molecule has 0 heterocycles. The van der Waals surface area contributed by atoms with E-state index in [0.717, 1.165) is 38.5 Å². The molecule has 9 nitrogen and oxygen atoms in total. The van der Waals surface area contributed by atoms with Crippen LogP contribution in [0.1, 0.15) is 322 Å². The molecule has 0 saturated carbocycles. The van der Waals surface area contributed by atoms with E-state index in [1.54, 1.807) is 0 Å². The summed E-state index contributed by atoms with van der Waals surface area (Å²) in [6, 6.07) is 0. The SMILES string of the molecule is CCCCCCC/C=C\C/C=C\CCCCCCCCCCCCCCCCCCCCCCCC(=O)OC(COC(=O)CCCCCCCCCCCCCCCCCCC)COP(=O)(O)OCCN. The third-order valence-corrected chi connectivity index (χ3v) is 14.8. The van der Waals surface area contributed by atoms with Gasteiger partial charge >= 0.3 is 19.8 Å². The van der Waals surface area contributed by atoms with Gasteiger partial charge in [0.1, 0.15) is 6.61 Å². The molecule has 0 saturated heterocycles. The lowest BCUT2D eigenvalue weighted by Gasteiger charge is -2.19. The average molecular weight is 1020 g/mol. The number of esters is 2. The zero-order valence-corrected chi connectivity index (χ0v) is 47.9. The van der Waals surface area contributed by atoms with E-state index in [1.807, 2.05) is 0 Å². The summed E-state index contributed by atoms with van der Waals surface area (Å²) < 4.78 is 33.1. The minimum Gasteiger partial charge on any atom is -0.462 e. The fourth-order valence-electron chi connectivity index (χ4n) is 9.26. The maximum atomic E-state index is 12.7. The van der Waals surface area contributed by atoms with Crippen LogP contribution in [0.2, 0.25) is 0 Å². The van der Waals surface area contributed by atoms with Crippen molar-refractivity contribution in [3.63, 3.8) is 0 Å². The first-order chi connectivity index (χ1) is 34.8. The van der Waals surface area contributed by atoms with Crippen LogP contribution in [0.3, 0.4) is 0 Å². The molecule has 0 aromatic carbocycles. The second-order valence-electron chi connectivity index (χ2n) is 20.9. The lowest BCUT2D eigenvalue weighted by molar-refractivity contribution is -0.161. The molecule has 10 heteroatoms. The lowest BCUT2D eigenvalue weighted by Crippen LogP contribution is -2.29. The molecular formula is C61H118NO8P. The Hall–Kier alpha value is -1.51. The summed E-state index contributed by atoms with van der Waals surface area (Å²) in [5.74, 6) is -0.806. The van der Waals surface area contributed by atoms with Gasteiger partial charge in [0.25, 0.3) is 0 Å². The van der Waals surface area contributed by atoms with Crippen LogP contribution in [0.25, 0.3) is 0 Å². The third-order valence-electron chi connectivity index (χ3n) is 13.8. The number of hydrogen-bond acceptors (Lipinski definition) is 8. The largest absolute Gasteiger partial charge is 0.472 e. The van der Waals surface area contributed by atoms with Crippen LogP contribution >= 0.6 is 7.82 Å². The Morgan fingerprint density at radius 2 is 0.732 bits per heavy atom. The van der Waals surface area contributed by atoms with Gasteiger partial charge in [0.05, 0.1) is 13.2 Å². The molecule has 0 spiro atoms. The fourth-order valence-corrected chi connectivity index (χ4v) is 10.0. The predicted octanol–water partition coefficient (Wildman–Crippen LogP) is 19.4. The maximum Gasteiger partial charge on any atom is 0.472 e. The van der Waals surface area contributed by atoms with Crippen molar-refractivity contribution in [1.82, 2.24) is 0 Å². The molecule has 0 aliphatic carbocycles. The van der Waals surface area contributed by atoms with E-state index in [9.17, 15) is 19.0 Å². The molecular weight excluding hydrogens is 906 g/mol. The Labute approximate surface area is 440 Å². The van der Waals surface area contributed by atoms with E-state index >= 15 is 0 Å². The summed E-state index contributed by atoms with van der Waals surface area (Å²) in [7, 11) is -4.38. The van der Waals surface area contributed by atoms with Gasteiger partial charge in [-0.1, -0.05) is 289 Å². The van der Waals surface area contributed by atoms with Gasteiger partial charge in [-0.15, -0.1) is 0 Å². The minimum absolute atomic E-state index is 0.0570. The number of ether oxygens (including phenoxy) is 2. The van der Waals surface area contributed by atoms with Gasteiger partial charge in [0.15, 0.2) is 6.10 Å². The zero-order valence-electron chi connectivity index (χ0n) is 47.0. The average Bonchev–Trinajstić information content (AvgIpc) is 3.36. The van der Waals surface area contributed by atoms with Crippen molar-refractivity contribution in [2.75, 3.05) is 26.4 Å². The first-order valence-corrected chi connectivity index (χ1v) is 32.3. The Morgan fingerprint density at radius 1 is 0.423 bits per heavy atom. The number of allylic oxidation sites excluding steroid dienone is 4. The van der Waals surface area contributed by atoms with Gasteiger partial charge in [-0.05, 0) is 44.9 Å². The number of phosphoric ester groups is 1. The molecule has 0 bridgehead atoms. The van der Waals surface area contributed by atoms with E-state index < -0.39 is 26.5 Å². The summed E-state index contributed by atoms with van der Waals surface area (Å²) >= 11 is 0. The number of hydrogen-bond donors (Lipinski definition) is 2. The van der Waals surface area contributed by atoms with Gasteiger partial charge in [-0.3, -0.25) is 18.6 Å². The van der Waals surface area contributed by atoms with E-state index in [4.69, 9.17) is 24.3 Å². The quantitative estimate of drug-likeness (QED) is 0.0264. The van der Waals surface area contributed by atoms with Crippen LogP contribution in [0.5, 0.6) is 0 Å². The zero-order chi connectivity index (χ0) is 51.7. The van der Waals surface area contributed by atoms with Gasteiger partial charge < -0.3 is 20.1 Å². The number of phosphoric acid groups is 1. The molecule has 0 fully saturated rings. The maximum absolute atomic E-state index is 12.7. The summed E-state index contributed by atoms with van der Waals surface area (Å²) in [4.78, 5) is 35.2. The Balaban J connectivity index is 3.83. The molecule has 0 radical (unpaired) electrons. The minimum atomic E-state index is -4.38. The van der Waals surface area contributed by atoms with E-state index in [2.05, 4.69) is 38.2 Å². The molecule has 2 atom stereocenters. The van der Waals surface area contributed by atoms with Gasteiger partial charge in [0.2, 0.25) is 0 Å². The summed E-state index contributed by atoms with van der Waals surface area (Å²) in [5, 5.41) is 0. The highest BCUT2D eigenvalue weighted by atomic mass is 31.2. The van der Waals surface area contributed by atoms with Crippen LogP contribution in [0.4, 0.5) is 0 Å². The van der Waals surface area contributed by atoms with Crippen molar-refractivity contribution in [3.8, 4) is 0 Å². The molecule has 3 N–H and O–H groups in total. The van der Waals surface area contributed by atoms with E-state index in [-0.39, 0.29) is 38.6 Å². The highest BCUT2D eigenvalue weighted by Crippen LogP contribution is 2.43. The van der Waals surface area contributed by atoms with Crippen molar-refractivity contribution >= 4 is 19.8 Å². The molecule has 0 aliphatic rings. The monoisotopic (exact) mass is 1020 g/mol. The molecule has 0 aromatic heterocycles. The van der Waals surface area contributed by atoms with Crippen molar-refractivity contribution in [2.24, 2.45) is 5.73 Å². The number of carbonyl (C=O) groups excluding carboxylic acids is 2. The highest BCUT2D eigenvalue weighted by Gasteiger charge is 2.26. The number of nitrogens with two attached hydrogens (primary N) is 1. The Morgan fingerprint density at radius 3 is 1.07 bits per heavy atom. The number of rotatable bonds is 59. The predicted molar refractivity (Wildman–Crippen MR) is 303 cm³/mol. The second kappa shape index (κ2) is 57.8. The molecule has 420 valence electrons. The first kappa shape index (κ1) is 69.5. The van der Waals surface area contributed by atoms with E-state index in [1.165, 1.54) is 250 Å². The molecule has 0 rings (SSSR count). The fraction of sp³-hybridized carbons (Fsp3) is 0.902. The molecule has 0 aromatic rings. The van der Waals surface area contributed by atoms with Crippen molar-refractivity contribution in [2.45, 2.75) is 328 Å². The molecule has 2 unspecified atom stereocenters. The second-order valence-corrected chi connectivity index (χ2v) is 22.4. The third kappa shape index (κ3) is 57.6. The van der Waals surface area contributed by atoms with Gasteiger partial charge in [-0.25, -0.2) is 4.57 Å². The number of unbranched alkanes of at least 4 members (excludes halogenated alkanes) is 42. The van der Waals surface area contributed by atoms with Crippen molar-refractivity contribution in [1.29, 1.82) is 0 Å². The topological polar surface area (TPSA) is 134 Å². The van der Waals surface area contributed by atoms with Crippen LogP contribution in [0, 0.1) is 0 Å². The van der Waals surface area contributed by atoms with Crippen LogP contribution in [-0.2, 0) is 32.7 Å². The normalized spacial score (nSPS) is 13.1. The van der Waals surface area contributed by atoms with Crippen molar-refractivity contribution < 1.29 is 37.6 Å². The van der Waals surface area contributed by atoms with Crippen molar-refractivity contribution in [3.05, 3.63) is 24.3 Å². The standard InChI is InChI=1S/C61H118NO8P/c1-3-5-7-9-11-13-15-17-19-21-22-23-24-25-26-27-28-29-30-31-32-33-34-35-36-38-40-42-44-46-48-50-52-54-61(64)70-59(58-69-71(65,66)68-56-55-62)57-67-60(63)53-51-49-47-45-43-41-39-37-20-18-16-14-12-10-8-6-4-2/h15,17,21-22,59H,3-14,16,18-20,23-58,62H2,1-2H3,(H,65,66)/b17-15-,22-21-. The summed E-state index contributed by atoms with van der Waals surface area (Å²) in [6.07, 6.45) is 68.2. The summed E-state index contributed by atoms with van der Waals surface area (Å²) in [6.45, 7) is 3.80. The summed E-state index contributed by atoms with van der Waals surface area (Å²) in [5.41, 5.74) is 5.38. The van der Waals surface area contributed by atoms with Gasteiger partial charge in [0, 0.05) is 19.4 Å². The van der Waals surface area contributed by atoms with Gasteiger partial charge in [-0.2, -0.15) is 0 Å². The van der Waals surface area contributed by atoms with E-state index in [0.29, 0.717) is 6.42 Å². The van der Waals surface area contributed by atoms with Crippen LogP contribution < -0.4 is 5.73 Å². The highest BCUT2D eigenvalue weighted by molar-refractivity contribution is 7.47. The molecule has 0 amide bonds. The van der Waals surface area contributed by atoms with Crippen LogP contribution in [0.15, 0.2) is 24.3 Å². The molecule has 0 aliphatic heterocycles.